The number of fused-ring (bicyclic) bond motifs is 1. The molecule has 1 unspecified atom stereocenters. The predicted octanol–water partition coefficient (Wildman–Crippen LogP) is 2.98. The van der Waals surface area contributed by atoms with E-state index in [1.807, 2.05) is 30.3 Å². The lowest BCUT2D eigenvalue weighted by Crippen LogP contribution is -2.59. The molecule has 0 aromatic heterocycles. The molecule has 0 bridgehead atoms. The van der Waals surface area contributed by atoms with Crippen molar-refractivity contribution in [1.82, 2.24) is 0 Å². The van der Waals surface area contributed by atoms with Gasteiger partial charge in [0.25, 0.3) is 0 Å². The number of benzene rings is 2. The van der Waals surface area contributed by atoms with Crippen LogP contribution >= 0.6 is 0 Å². The van der Waals surface area contributed by atoms with Gasteiger partial charge in [0.15, 0.2) is 6.29 Å². The third-order valence-corrected chi connectivity index (χ3v) is 5.02. The average molecular weight is 396 g/mol. The van der Waals surface area contributed by atoms with Crippen LogP contribution in [0.3, 0.4) is 0 Å². The Labute approximate surface area is 159 Å². The van der Waals surface area contributed by atoms with Crippen LogP contribution in [0.2, 0.25) is 0 Å². The van der Waals surface area contributed by atoms with Gasteiger partial charge in [0.1, 0.15) is 30.5 Å². The van der Waals surface area contributed by atoms with Crippen LogP contribution < -0.4 is 0 Å². The topological polar surface area (TPSA) is 68.2 Å². The third kappa shape index (κ3) is 3.66. The minimum absolute atomic E-state index is 0.116. The van der Waals surface area contributed by atoms with E-state index in [1.54, 1.807) is 0 Å². The lowest BCUT2D eigenvalue weighted by atomic mass is 9.90. The van der Waals surface area contributed by atoms with Gasteiger partial charge in [-0.1, -0.05) is 42.5 Å². The summed E-state index contributed by atoms with van der Waals surface area (Å²) < 4.78 is 55.5. The van der Waals surface area contributed by atoms with E-state index in [2.05, 4.69) is 0 Å². The van der Waals surface area contributed by atoms with Crippen LogP contribution in [0.1, 0.15) is 29.1 Å². The lowest BCUT2D eigenvalue weighted by molar-refractivity contribution is -0.330. The molecule has 2 heterocycles. The quantitative estimate of drug-likeness (QED) is 0.817. The van der Waals surface area contributed by atoms with Crippen LogP contribution in [-0.2, 0) is 20.4 Å². The van der Waals surface area contributed by atoms with E-state index in [9.17, 15) is 23.4 Å². The van der Waals surface area contributed by atoms with E-state index in [0.717, 1.165) is 17.7 Å². The Kier molecular flexibility index (Phi) is 5.15. The highest BCUT2D eigenvalue weighted by Crippen LogP contribution is 2.39. The van der Waals surface area contributed by atoms with Gasteiger partial charge in [-0.15, -0.1) is 0 Å². The SMILES string of the molecule is O[C@@H]1[C@@H](O)[C@H](c2ccc(C(F)(F)F)cc2)O[C@@H]2COC(c3ccccc3)O[C@@H]12. The number of hydrogen-bond donors (Lipinski definition) is 2. The van der Waals surface area contributed by atoms with Crippen molar-refractivity contribution in [3.8, 4) is 0 Å². The van der Waals surface area contributed by atoms with Crippen LogP contribution in [0, 0.1) is 0 Å². The number of rotatable bonds is 2. The highest BCUT2D eigenvalue weighted by atomic mass is 19.4. The number of halogens is 3. The van der Waals surface area contributed by atoms with Gasteiger partial charge in [-0.3, -0.25) is 0 Å². The molecule has 2 aromatic carbocycles. The maximum atomic E-state index is 12.7. The Morgan fingerprint density at radius 2 is 1.50 bits per heavy atom. The van der Waals surface area contributed by atoms with Gasteiger partial charge in [-0.25, -0.2) is 0 Å². The molecule has 6 atom stereocenters. The number of ether oxygens (including phenoxy) is 3. The van der Waals surface area contributed by atoms with Gasteiger partial charge in [0, 0.05) is 5.56 Å². The van der Waals surface area contributed by atoms with Crippen molar-refractivity contribution in [3.63, 3.8) is 0 Å². The summed E-state index contributed by atoms with van der Waals surface area (Å²) in [5.74, 6) is 0. The van der Waals surface area contributed by atoms with E-state index in [4.69, 9.17) is 14.2 Å². The summed E-state index contributed by atoms with van der Waals surface area (Å²) in [4.78, 5) is 0. The van der Waals surface area contributed by atoms with Crippen molar-refractivity contribution in [2.45, 2.75) is 43.0 Å². The van der Waals surface area contributed by atoms with Gasteiger partial charge < -0.3 is 24.4 Å². The highest BCUT2D eigenvalue weighted by Gasteiger charge is 2.49. The Bertz CT molecular complexity index is 794. The molecule has 0 aliphatic carbocycles. The molecule has 8 heteroatoms. The normalized spacial score (nSPS) is 33.3. The monoisotopic (exact) mass is 396 g/mol. The third-order valence-electron chi connectivity index (χ3n) is 5.02. The molecule has 2 aliphatic heterocycles. The van der Waals surface area contributed by atoms with Crippen molar-refractivity contribution in [1.29, 1.82) is 0 Å². The molecule has 2 aromatic rings. The fourth-order valence-electron chi connectivity index (χ4n) is 3.53. The first-order valence-electron chi connectivity index (χ1n) is 8.85. The summed E-state index contributed by atoms with van der Waals surface area (Å²) in [7, 11) is 0. The maximum absolute atomic E-state index is 12.7. The standard InChI is InChI=1S/C20H19F3O5/c21-20(22,23)13-8-6-11(7-9-13)17-15(24)16(25)18-14(27-17)10-26-19(28-18)12-4-2-1-3-5-12/h1-9,14-19,24-25H,10H2/t14-,15-,16-,17+,18-,19?/m1/s1. The number of aliphatic hydroxyl groups is 2. The molecule has 28 heavy (non-hydrogen) atoms. The van der Waals surface area contributed by atoms with E-state index in [1.165, 1.54) is 12.1 Å². The highest BCUT2D eigenvalue weighted by molar-refractivity contribution is 5.27. The molecule has 5 nitrogen and oxygen atoms in total. The molecule has 2 aliphatic rings. The smallest absolute Gasteiger partial charge is 0.387 e. The second-order valence-electron chi connectivity index (χ2n) is 6.87. The molecule has 0 saturated carbocycles. The minimum atomic E-state index is -4.45. The van der Waals surface area contributed by atoms with Gasteiger partial charge >= 0.3 is 6.18 Å². The van der Waals surface area contributed by atoms with Crippen molar-refractivity contribution in [3.05, 3.63) is 71.3 Å². The zero-order valence-corrected chi connectivity index (χ0v) is 14.6. The van der Waals surface area contributed by atoms with Gasteiger partial charge in [0.2, 0.25) is 0 Å². The Morgan fingerprint density at radius 1 is 0.821 bits per heavy atom. The van der Waals surface area contributed by atoms with E-state index < -0.39 is 48.5 Å². The molecular formula is C20H19F3O5. The zero-order valence-electron chi connectivity index (χ0n) is 14.6. The van der Waals surface area contributed by atoms with Crippen molar-refractivity contribution in [2.24, 2.45) is 0 Å². The van der Waals surface area contributed by atoms with E-state index in [-0.39, 0.29) is 6.61 Å². The molecule has 2 fully saturated rings. The first kappa shape index (κ1) is 19.4. The summed E-state index contributed by atoms with van der Waals surface area (Å²) in [6.45, 7) is 0.116. The molecule has 0 radical (unpaired) electrons. The summed E-state index contributed by atoms with van der Waals surface area (Å²) in [5.41, 5.74) is 0.311. The maximum Gasteiger partial charge on any atom is 0.416 e. The summed E-state index contributed by atoms with van der Waals surface area (Å²) in [5, 5.41) is 21.1. The Balaban J connectivity index is 1.50. The summed E-state index contributed by atoms with van der Waals surface area (Å²) in [6, 6.07) is 13.5. The largest absolute Gasteiger partial charge is 0.416 e. The Hall–Kier alpha value is -1.97. The second-order valence-corrected chi connectivity index (χ2v) is 6.87. The lowest BCUT2D eigenvalue weighted by Gasteiger charge is -2.46. The summed E-state index contributed by atoms with van der Waals surface area (Å²) >= 11 is 0. The molecule has 4 rings (SSSR count). The van der Waals surface area contributed by atoms with Crippen molar-refractivity contribution < 1.29 is 37.6 Å². The van der Waals surface area contributed by atoms with Crippen LogP contribution in [0.4, 0.5) is 13.2 Å². The molecule has 2 saturated heterocycles. The number of hydrogen-bond acceptors (Lipinski definition) is 5. The van der Waals surface area contributed by atoms with Gasteiger partial charge in [-0.05, 0) is 17.7 Å². The minimum Gasteiger partial charge on any atom is -0.387 e. The summed E-state index contributed by atoms with van der Waals surface area (Å²) in [6.07, 6.45) is -10.2. The van der Waals surface area contributed by atoms with E-state index >= 15 is 0 Å². The van der Waals surface area contributed by atoms with Crippen molar-refractivity contribution >= 4 is 0 Å². The van der Waals surface area contributed by atoms with Crippen LogP contribution in [0.5, 0.6) is 0 Å². The zero-order chi connectivity index (χ0) is 19.9. The molecule has 150 valence electrons. The molecule has 2 N–H and O–H groups in total. The van der Waals surface area contributed by atoms with Gasteiger partial charge in [0.05, 0.1) is 12.2 Å². The van der Waals surface area contributed by atoms with Gasteiger partial charge in [-0.2, -0.15) is 13.2 Å². The van der Waals surface area contributed by atoms with Crippen molar-refractivity contribution in [2.75, 3.05) is 6.61 Å². The van der Waals surface area contributed by atoms with Crippen LogP contribution in [0.25, 0.3) is 0 Å². The average Bonchev–Trinajstić information content (AvgIpc) is 2.70. The predicted molar refractivity (Wildman–Crippen MR) is 91.1 cm³/mol. The molecule has 0 amide bonds. The van der Waals surface area contributed by atoms with Crippen LogP contribution in [-0.4, -0.2) is 41.2 Å². The molecular weight excluding hydrogens is 377 g/mol. The fraction of sp³-hybridized carbons (Fsp3) is 0.400. The number of aliphatic hydroxyl groups excluding tert-OH is 2. The van der Waals surface area contributed by atoms with Crippen LogP contribution in [0.15, 0.2) is 54.6 Å². The van der Waals surface area contributed by atoms with E-state index in [0.29, 0.717) is 5.56 Å². The second kappa shape index (κ2) is 7.46. The first-order chi connectivity index (χ1) is 13.3. The number of alkyl halides is 3. The fourth-order valence-corrected chi connectivity index (χ4v) is 3.53. The first-order valence-corrected chi connectivity index (χ1v) is 8.85. The molecule has 0 spiro atoms. The Morgan fingerprint density at radius 3 is 2.14 bits per heavy atom.